The van der Waals surface area contributed by atoms with Gasteiger partial charge in [-0.1, -0.05) is 24.3 Å². The zero-order valence-electron chi connectivity index (χ0n) is 23.9. The summed E-state index contributed by atoms with van der Waals surface area (Å²) in [6.45, 7) is 5.42. The summed E-state index contributed by atoms with van der Waals surface area (Å²) in [5.41, 5.74) is 1.68. The molecule has 7 nitrogen and oxygen atoms in total. The number of pyridine rings is 1. The Kier molecular flexibility index (Phi) is 9.64. The van der Waals surface area contributed by atoms with Gasteiger partial charge in [0.05, 0.1) is 24.1 Å². The van der Waals surface area contributed by atoms with Gasteiger partial charge in [0, 0.05) is 70.2 Å². The summed E-state index contributed by atoms with van der Waals surface area (Å²) >= 11 is 0. The molecule has 3 heterocycles. The molecule has 1 amide bonds. The molecule has 3 aromatic rings. The Bertz CT molecular complexity index is 1310. The minimum absolute atomic E-state index is 0.0468. The number of alkyl halides is 3. The predicted octanol–water partition coefficient (Wildman–Crippen LogP) is 5.54. The van der Waals surface area contributed by atoms with Gasteiger partial charge in [-0.2, -0.15) is 13.2 Å². The first-order valence-electron chi connectivity index (χ1n) is 14.5. The molecule has 1 N–H and O–H groups in total. The lowest BCUT2D eigenvalue weighted by molar-refractivity contribution is -0.137. The molecule has 224 valence electrons. The molecule has 0 spiro atoms. The van der Waals surface area contributed by atoms with Crippen LogP contribution in [0.2, 0.25) is 0 Å². The Morgan fingerprint density at radius 1 is 1.00 bits per heavy atom. The number of benzene rings is 2. The van der Waals surface area contributed by atoms with E-state index in [1.807, 2.05) is 53.6 Å². The maximum atomic E-state index is 13.3. The van der Waals surface area contributed by atoms with Crippen molar-refractivity contribution in [3.8, 4) is 5.75 Å². The number of anilines is 2. The van der Waals surface area contributed by atoms with Crippen molar-refractivity contribution in [2.45, 2.75) is 38.0 Å². The van der Waals surface area contributed by atoms with Crippen LogP contribution in [-0.4, -0.2) is 73.1 Å². The number of hydrogen-bond donors (Lipinski definition) is 1. The van der Waals surface area contributed by atoms with E-state index in [0.29, 0.717) is 42.7 Å². The molecule has 2 aromatic carbocycles. The van der Waals surface area contributed by atoms with Gasteiger partial charge in [-0.15, -0.1) is 0 Å². The molecule has 2 saturated heterocycles. The molecule has 2 fully saturated rings. The number of piperidine rings is 1. The van der Waals surface area contributed by atoms with Crippen LogP contribution in [0.15, 0.2) is 72.9 Å². The third-order valence-corrected chi connectivity index (χ3v) is 8.33. The summed E-state index contributed by atoms with van der Waals surface area (Å²) in [6, 6.07) is 19.2. The van der Waals surface area contributed by atoms with Gasteiger partial charge in [-0.05, 0) is 61.2 Å². The maximum absolute atomic E-state index is 13.3. The highest BCUT2D eigenvalue weighted by atomic mass is 19.4. The van der Waals surface area contributed by atoms with Crippen LogP contribution < -0.4 is 15.0 Å². The molecule has 10 heteroatoms. The zero-order valence-corrected chi connectivity index (χ0v) is 23.9. The molecule has 42 heavy (non-hydrogen) atoms. The SMILES string of the molecule is COc1ccccc1NC(=O)CC[C@H]1CN(Cc2ccccn2)CC[C@H]1N1CCN(c2cccc(C(F)(F)F)c2)CC1. The fourth-order valence-electron chi connectivity index (χ4n) is 6.19. The summed E-state index contributed by atoms with van der Waals surface area (Å²) in [5.74, 6) is 0.849. The second kappa shape index (κ2) is 13.6. The number of nitrogens with zero attached hydrogens (tertiary/aromatic N) is 4. The van der Waals surface area contributed by atoms with E-state index in [2.05, 4.69) is 20.1 Å². The molecular formula is C32H38F3N5O2. The number of para-hydroxylation sites is 2. The fraction of sp³-hybridized carbons (Fsp3) is 0.438. The van der Waals surface area contributed by atoms with Gasteiger partial charge in [0.25, 0.3) is 0 Å². The Morgan fingerprint density at radius 3 is 2.52 bits per heavy atom. The molecule has 1 aromatic heterocycles. The molecule has 2 aliphatic heterocycles. The van der Waals surface area contributed by atoms with Gasteiger partial charge in [0.1, 0.15) is 5.75 Å². The molecule has 0 unspecified atom stereocenters. The Morgan fingerprint density at radius 2 is 1.79 bits per heavy atom. The van der Waals surface area contributed by atoms with E-state index in [-0.39, 0.29) is 11.8 Å². The summed E-state index contributed by atoms with van der Waals surface area (Å²) in [4.78, 5) is 24.4. The van der Waals surface area contributed by atoms with Crippen molar-refractivity contribution in [2.24, 2.45) is 5.92 Å². The number of methoxy groups -OCH3 is 1. The van der Waals surface area contributed by atoms with Crippen molar-refractivity contribution in [1.29, 1.82) is 0 Å². The Hall–Kier alpha value is -3.63. The van der Waals surface area contributed by atoms with E-state index in [1.54, 1.807) is 13.2 Å². The van der Waals surface area contributed by atoms with Gasteiger partial charge in [0.15, 0.2) is 0 Å². The highest BCUT2D eigenvalue weighted by molar-refractivity contribution is 5.92. The molecule has 5 rings (SSSR count). The first-order chi connectivity index (χ1) is 20.3. The molecule has 0 radical (unpaired) electrons. The van der Waals surface area contributed by atoms with Crippen LogP contribution in [0, 0.1) is 5.92 Å². The van der Waals surface area contributed by atoms with Crippen molar-refractivity contribution in [1.82, 2.24) is 14.8 Å². The number of halogens is 3. The van der Waals surface area contributed by atoms with E-state index in [0.717, 1.165) is 57.3 Å². The number of amides is 1. The summed E-state index contributed by atoms with van der Waals surface area (Å²) in [7, 11) is 1.58. The summed E-state index contributed by atoms with van der Waals surface area (Å²) < 4.78 is 45.2. The normalized spacial score (nSPS) is 20.3. The quantitative estimate of drug-likeness (QED) is 0.358. The second-order valence-corrected chi connectivity index (χ2v) is 11.0. The smallest absolute Gasteiger partial charge is 0.416 e. The number of nitrogens with one attached hydrogen (secondary N) is 1. The lowest BCUT2D eigenvalue weighted by Gasteiger charge is -2.47. The first kappa shape index (κ1) is 29.8. The Labute approximate surface area is 245 Å². The van der Waals surface area contributed by atoms with Crippen LogP contribution in [0.3, 0.4) is 0 Å². The number of ether oxygens (including phenoxy) is 1. The van der Waals surface area contributed by atoms with Gasteiger partial charge >= 0.3 is 6.18 Å². The van der Waals surface area contributed by atoms with Crippen LogP contribution in [0.4, 0.5) is 24.5 Å². The van der Waals surface area contributed by atoms with E-state index in [9.17, 15) is 18.0 Å². The van der Waals surface area contributed by atoms with Crippen molar-refractivity contribution in [2.75, 3.05) is 56.6 Å². The third-order valence-electron chi connectivity index (χ3n) is 8.33. The lowest BCUT2D eigenvalue weighted by atomic mass is 9.86. The number of aromatic nitrogens is 1. The summed E-state index contributed by atoms with van der Waals surface area (Å²) in [5, 5.41) is 3.00. The number of rotatable bonds is 9. The molecule has 2 aliphatic rings. The van der Waals surface area contributed by atoms with Gasteiger partial charge in [-0.25, -0.2) is 0 Å². The average Bonchev–Trinajstić information content (AvgIpc) is 3.01. The third kappa shape index (κ3) is 7.60. The number of hydrogen-bond acceptors (Lipinski definition) is 6. The number of piperazine rings is 1. The van der Waals surface area contributed by atoms with Crippen molar-refractivity contribution in [3.63, 3.8) is 0 Å². The molecule has 0 saturated carbocycles. The van der Waals surface area contributed by atoms with Crippen LogP contribution >= 0.6 is 0 Å². The molecule has 0 bridgehead atoms. The number of carbonyl (C=O) groups excluding carboxylic acids is 1. The molecular weight excluding hydrogens is 543 g/mol. The van der Waals surface area contributed by atoms with Gasteiger partial charge < -0.3 is 15.0 Å². The summed E-state index contributed by atoms with van der Waals surface area (Å²) in [6.07, 6.45) is -0.452. The van der Waals surface area contributed by atoms with Crippen molar-refractivity contribution in [3.05, 3.63) is 84.2 Å². The van der Waals surface area contributed by atoms with Crippen molar-refractivity contribution < 1.29 is 22.7 Å². The minimum Gasteiger partial charge on any atom is -0.495 e. The van der Waals surface area contributed by atoms with Crippen LogP contribution in [0.1, 0.15) is 30.5 Å². The van der Waals surface area contributed by atoms with E-state index in [1.165, 1.54) is 12.1 Å². The van der Waals surface area contributed by atoms with Gasteiger partial charge in [-0.3, -0.25) is 19.6 Å². The topological polar surface area (TPSA) is 60.9 Å². The van der Waals surface area contributed by atoms with Crippen molar-refractivity contribution >= 4 is 17.3 Å². The molecule has 2 atom stereocenters. The minimum atomic E-state index is -4.35. The lowest BCUT2D eigenvalue weighted by Crippen LogP contribution is -2.56. The maximum Gasteiger partial charge on any atom is 0.416 e. The van der Waals surface area contributed by atoms with E-state index >= 15 is 0 Å². The number of likely N-dealkylation sites (tertiary alicyclic amines) is 1. The number of carbonyl (C=O) groups is 1. The molecule has 0 aliphatic carbocycles. The second-order valence-electron chi connectivity index (χ2n) is 11.0. The zero-order chi connectivity index (χ0) is 29.5. The average molecular weight is 582 g/mol. The first-order valence-corrected chi connectivity index (χ1v) is 14.5. The predicted molar refractivity (Wildman–Crippen MR) is 157 cm³/mol. The standard InChI is InChI=1S/C32H38F3N5O2/c1-42-30-11-3-2-10-28(30)37-31(41)13-12-24-22-38(23-26-8-4-5-15-36-26)16-14-29(24)40-19-17-39(18-20-40)27-9-6-7-25(21-27)32(33,34)35/h2-11,15,21,24,29H,12-14,16-20,22-23H2,1H3,(H,37,41)/t24-,29+/m0/s1. The van der Waals surface area contributed by atoms with Gasteiger partial charge in [0.2, 0.25) is 5.91 Å². The van der Waals surface area contributed by atoms with Crippen LogP contribution in [-0.2, 0) is 17.5 Å². The van der Waals surface area contributed by atoms with Crippen LogP contribution in [0.5, 0.6) is 5.75 Å². The van der Waals surface area contributed by atoms with Crippen LogP contribution in [0.25, 0.3) is 0 Å². The Balaban J connectivity index is 1.23. The highest BCUT2D eigenvalue weighted by Crippen LogP contribution is 2.33. The van der Waals surface area contributed by atoms with E-state index in [4.69, 9.17) is 4.74 Å². The van der Waals surface area contributed by atoms with E-state index < -0.39 is 11.7 Å². The highest BCUT2D eigenvalue weighted by Gasteiger charge is 2.36. The fourth-order valence-corrected chi connectivity index (χ4v) is 6.19. The largest absolute Gasteiger partial charge is 0.495 e. The monoisotopic (exact) mass is 581 g/mol.